The first-order chi connectivity index (χ1) is 3.06. The van der Waals surface area contributed by atoms with E-state index in [9.17, 15) is 8.42 Å². The Morgan fingerprint density at radius 1 is 1.62 bits per heavy atom. The van der Waals surface area contributed by atoms with Gasteiger partial charge in [-0.3, -0.25) is 4.18 Å². The Hall–Kier alpha value is 0.910. The minimum Gasteiger partial charge on any atom is -1.00 e. The van der Waals surface area contributed by atoms with E-state index in [0.717, 1.165) is 6.26 Å². The maximum absolute atomic E-state index is 10.0. The molecule has 3 nitrogen and oxygen atoms in total. The van der Waals surface area contributed by atoms with Gasteiger partial charge in [-0.15, -0.1) is 0 Å². The van der Waals surface area contributed by atoms with Crippen molar-refractivity contribution in [2.45, 2.75) is 6.92 Å². The molecule has 0 aliphatic heterocycles. The van der Waals surface area contributed by atoms with Crippen molar-refractivity contribution in [2.24, 2.45) is 0 Å². The van der Waals surface area contributed by atoms with E-state index in [4.69, 9.17) is 0 Å². The van der Waals surface area contributed by atoms with Gasteiger partial charge in [-0.2, -0.15) is 8.42 Å². The van der Waals surface area contributed by atoms with Crippen molar-refractivity contribution in [3.05, 3.63) is 0 Å². The Labute approximate surface area is 73.3 Å². The summed E-state index contributed by atoms with van der Waals surface area (Å²) in [6.07, 6.45) is 1.02. The van der Waals surface area contributed by atoms with Gasteiger partial charge < -0.3 is 1.43 Å². The van der Waals surface area contributed by atoms with Gasteiger partial charge in [-0.25, -0.2) is 0 Å². The standard InChI is InChI=1S/C3H8O3S.Na.H/c1-3-6-7(2,4)5;;/h3H2,1-2H3;;/q;+1;-1. The molecule has 0 aliphatic rings. The fourth-order valence-corrected chi connectivity index (χ4v) is 0.642. The minimum absolute atomic E-state index is 0. The van der Waals surface area contributed by atoms with E-state index in [1.165, 1.54) is 0 Å². The molecule has 0 aromatic heterocycles. The summed E-state index contributed by atoms with van der Waals surface area (Å²) in [6, 6.07) is 0. The van der Waals surface area contributed by atoms with Crippen molar-refractivity contribution in [1.82, 2.24) is 0 Å². The summed E-state index contributed by atoms with van der Waals surface area (Å²) in [6.45, 7) is 1.85. The molecule has 0 amide bonds. The van der Waals surface area contributed by atoms with E-state index in [1.54, 1.807) is 6.92 Å². The average Bonchev–Trinajstić information content (AvgIpc) is 1.30. The molecule has 0 radical (unpaired) electrons. The Morgan fingerprint density at radius 3 is 2.00 bits per heavy atom. The van der Waals surface area contributed by atoms with E-state index in [0.29, 0.717) is 0 Å². The molecule has 0 saturated carbocycles. The van der Waals surface area contributed by atoms with Crippen LogP contribution in [0.25, 0.3) is 0 Å². The van der Waals surface area contributed by atoms with E-state index in [1.807, 2.05) is 0 Å². The predicted molar refractivity (Wildman–Crippen MR) is 27.6 cm³/mol. The molecule has 0 unspecified atom stereocenters. The van der Waals surface area contributed by atoms with Crippen LogP contribution in [-0.4, -0.2) is 21.3 Å². The molecular weight excluding hydrogens is 139 g/mol. The molecule has 0 fully saturated rings. The predicted octanol–water partition coefficient (Wildman–Crippen LogP) is -2.90. The molecular formula is C3H9NaO3S. The third-order valence-corrected chi connectivity index (χ3v) is 0.996. The van der Waals surface area contributed by atoms with Crippen LogP contribution in [0.3, 0.4) is 0 Å². The Balaban J connectivity index is -0.000000180. The molecule has 0 saturated heterocycles. The maximum atomic E-state index is 10.0. The normalized spacial score (nSPS) is 10.2. The summed E-state index contributed by atoms with van der Waals surface area (Å²) in [5, 5.41) is 0. The Morgan fingerprint density at radius 2 is 2.00 bits per heavy atom. The summed E-state index contributed by atoms with van der Waals surface area (Å²) in [5.41, 5.74) is 0. The van der Waals surface area contributed by atoms with E-state index in [2.05, 4.69) is 4.18 Å². The Bertz CT molecular complexity index is 132. The van der Waals surface area contributed by atoms with Gasteiger partial charge in [-0.1, -0.05) is 0 Å². The SMILES string of the molecule is CCOS(C)(=O)=O.[H-].[Na+]. The van der Waals surface area contributed by atoms with Crippen molar-refractivity contribution in [1.29, 1.82) is 0 Å². The third-order valence-electron chi connectivity index (χ3n) is 0.332. The summed E-state index contributed by atoms with van der Waals surface area (Å²) >= 11 is 0. The van der Waals surface area contributed by atoms with Gasteiger partial charge in [0.1, 0.15) is 0 Å². The molecule has 0 rings (SSSR count). The quantitative estimate of drug-likeness (QED) is 0.311. The van der Waals surface area contributed by atoms with Crippen LogP contribution < -0.4 is 29.6 Å². The molecule has 0 aromatic carbocycles. The first-order valence-electron chi connectivity index (χ1n) is 1.90. The Kier molecular flexibility index (Phi) is 6.94. The molecule has 0 atom stereocenters. The number of hydrogen-bond acceptors (Lipinski definition) is 3. The monoisotopic (exact) mass is 148 g/mol. The summed E-state index contributed by atoms with van der Waals surface area (Å²) < 4.78 is 24.2. The van der Waals surface area contributed by atoms with Crippen molar-refractivity contribution in [3.8, 4) is 0 Å². The van der Waals surface area contributed by atoms with Crippen LogP contribution in [0.1, 0.15) is 8.35 Å². The summed E-state index contributed by atoms with van der Waals surface area (Å²) in [7, 11) is -3.17. The van der Waals surface area contributed by atoms with Gasteiger partial charge in [0.05, 0.1) is 12.9 Å². The molecule has 0 N–H and O–H groups in total. The van der Waals surface area contributed by atoms with E-state index in [-0.39, 0.29) is 37.6 Å². The van der Waals surface area contributed by atoms with E-state index < -0.39 is 10.1 Å². The molecule has 0 heterocycles. The maximum Gasteiger partial charge on any atom is 1.00 e. The van der Waals surface area contributed by atoms with Gasteiger partial charge in [-0.05, 0) is 6.92 Å². The van der Waals surface area contributed by atoms with E-state index >= 15 is 0 Å². The second-order valence-electron chi connectivity index (χ2n) is 1.11. The average molecular weight is 148 g/mol. The van der Waals surface area contributed by atoms with Crippen molar-refractivity contribution in [3.63, 3.8) is 0 Å². The zero-order chi connectivity index (χ0) is 5.91. The van der Waals surface area contributed by atoms with Crippen LogP contribution in [0.2, 0.25) is 0 Å². The third kappa shape index (κ3) is 10.0. The molecule has 0 bridgehead atoms. The van der Waals surface area contributed by atoms with Crippen LogP contribution in [0.15, 0.2) is 0 Å². The zero-order valence-electron chi connectivity index (χ0n) is 6.34. The van der Waals surface area contributed by atoms with Crippen molar-refractivity contribution >= 4 is 10.1 Å². The molecule has 0 spiro atoms. The van der Waals surface area contributed by atoms with Gasteiger partial charge in [0.15, 0.2) is 0 Å². The second-order valence-corrected chi connectivity index (χ2v) is 2.75. The zero-order valence-corrected chi connectivity index (χ0v) is 8.16. The fourth-order valence-electron chi connectivity index (χ4n) is 0.214. The minimum atomic E-state index is -3.17. The van der Waals surface area contributed by atoms with Crippen LogP contribution in [0, 0.1) is 0 Å². The topological polar surface area (TPSA) is 43.4 Å². The number of hydrogen-bond donors (Lipinski definition) is 0. The fraction of sp³-hybridized carbons (Fsp3) is 1.00. The van der Waals surface area contributed by atoms with Crippen molar-refractivity contribution < 1.29 is 43.6 Å². The van der Waals surface area contributed by atoms with Crippen LogP contribution in [0.4, 0.5) is 0 Å². The number of rotatable bonds is 2. The van der Waals surface area contributed by atoms with Gasteiger partial charge in [0.2, 0.25) is 0 Å². The van der Waals surface area contributed by atoms with Gasteiger partial charge in [0, 0.05) is 0 Å². The second kappa shape index (κ2) is 4.76. The van der Waals surface area contributed by atoms with Gasteiger partial charge in [0.25, 0.3) is 10.1 Å². The van der Waals surface area contributed by atoms with Crippen LogP contribution in [-0.2, 0) is 14.3 Å². The molecule has 0 aliphatic carbocycles. The smallest absolute Gasteiger partial charge is 1.00 e. The summed E-state index contributed by atoms with van der Waals surface area (Å²) in [4.78, 5) is 0. The molecule has 5 heteroatoms. The van der Waals surface area contributed by atoms with Crippen molar-refractivity contribution in [2.75, 3.05) is 12.9 Å². The van der Waals surface area contributed by atoms with Crippen LogP contribution >= 0.6 is 0 Å². The van der Waals surface area contributed by atoms with Crippen LogP contribution in [0.5, 0.6) is 0 Å². The largest absolute Gasteiger partial charge is 1.00 e. The molecule has 8 heavy (non-hydrogen) atoms. The molecule has 0 aromatic rings. The first kappa shape index (κ1) is 11.7. The molecule has 46 valence electrons. The van der Waals surface area contributed by atoms with Gasteiger partial charge >= 0.3 is 29.6 Å². The summed E-state index contributed by atoms with van der Waals surface area (Å²) in [5.74, 6) is 0. The first-order valence-corrected chi connectivity index (χ1v) is 3.72.